The van der Waals surface area contributed by atoms with Crippen LogP contribution in [-0.4, -0.2) is 35.7 Å². The largest absolute Gasteiger partial charge is 0.396 e. The number of carbonyl (C=O) groups is 1. The molecule has 3 rings (SSSR count). The van der Waals surface area contributed by atoms with E-state index in [4.69, 9.17) is 5.11 Å². The van der Waals surface area contributed by atoms with Crippen molar-refractivity contribution in [2.75, 3.05) is 19.7 Å². The molecule has 2 N–H and O–H groups in total. The minimum atomic E-state index is -0.164. The van der Waals surface area contributed by atoms with Crippen molar-refractivity contribution in [2.24, 2.45) is 5.92 Å². The van der Waals surface area contributed by atoms with Gasteiger partial charge in [-0.15, -0.1) is 0 Å². The molecule has 4 nitrogen and oxygen atoms in total. The van der Waals surface area contributed by atoms with Gasteiger partial charge >= 0.3 is 6.03 Å². The zero-order chi connectivity index (χ0) is 15.4. The summed E-state index contributed by atoms with van der Waals surface area (Å²) < 4.78 is 0. The summed E-state index contributed by atoms with van der Waals surface area (Å²) in [5.74, 6) is 0.220. The van der Waals surface area contributed by atoms with Crippen LogP contribution in [-0.2, 0) is 0 Å². The molecule has 0 atom stereocenters. The van der Waals surface area contributed by atoms with E-state index in [1.807, 2.05) is 60.7 Å². The van der Waals surface area contributed by atoms with Gasteiger partial charge in [-0.1, -0.05) is 60.7 Å². The first-order valence-corrected chi connectivity index (χ1v) is 7.54. The Hall–Kier alpha value is -2.33. The summed E-state index contributed by atoms with van der Waals surface area (Å²) in [6, 6.07) is 19.7. The highest BCUT2D eigenvalue weighted by Gasteiger charge is 2.31. The van der Waals surface area contributed by atoms with E-state index in [0.29, 0.717) is 13.1 Å². The summed E-state index contributed by atoms with van der Waals surface area (Å²) in [4.78, 5) is 14.1. The monoisotopic (exact) mass is 296 g/mol. The summed E-state index contributed by atoms with van der Waals surface area (Å²) in [7, 11) is 0. The van der Waals surface area contributed by atoms with Gasteiger partial charge < -0.3 is 15.3 Å². The first kappa shape index (κ1) is 14.6. The standard InChI is InChI=1S/C18H20N2O2/c21-13-14-11-20(12-14)18(22)19-17(15-7-3-1-4-8-15)16-9-5-2-6-10-16/h1-10,14,17,21H,11-13H2,(H,19,22). The van der Waals surface area contributed by atoms with Crippen molar-refractivity contribution >= 4 is 6.03 Å². The highest BCUT2D eigenvalue weighted by molar-refractivity contribution is 5.76. The fourth-order valence-electron chi connectivity index (χ4n) is 2.72. The van der Waals surface area contributed by atoms with E-state index in [0.717, 1.165) is 11.1 Å². The van der Waals surface area contributed by atoms with Gasteiger partial charge in [0.15, 0.2) is 0 Å². The number of likely N-dealkylation sites (tertiary alicyclic amines) is 1. The lowest BCUT2D eigenvalue weighted by Gasteiger charge is -2.39. The minimum Gasteiger partial charge on any atom is -0.396 e. The molecule has 22 heavy (non-hydrogen) atoms. The smallest absolute Gasteiger partial charge is 0.318 e. The van der Waals surface area contributed by atoms with Crippen LogP contribution in [0.4, 0.5) is 4.79 Å². The molecule has 1 heterocycles. The predicted molar refractivity (Wildman–Crippen MR) is 85.4 cm³/mol. The number of nitrogens with zero attached hydrogens (tertiary/aromatic N) is 1. The lowest BCUT2D eigenvalue weighted by atomic mass is 9.98. The van der Waals surface area contributed by atoms with Crippen molar-refractivity contribution < 1.29 is 9.90 Å². The van der Waals surface area contributed by atoms with Gasteiger partial charge in [0.25, 0.3) is 0 Å². The quantitative estimate of drug-likeness (QED) is 0.910. The van der Waals surface area contributed by atoms with E-state index < -0.39 is 0 Å². The number of hydrogen-bond acceptors (Lipinski definition) is 2. The Morgan fingerprint density at radius 3 is 2.00 bits per heavy atom. The van der Waals surface area contributed by atoms with Gasteiger partial charge in [0.2, 0.25) is 0 Å². The molecule has 114 valence electrons. The average molecular weight is 296 g/mol. The van der Waals surface area contributed by atoms with Crippen LogP contribution >= 0.6 is 0 Å². The average Bonchev–Trinajstić information content (AvgIpc) is 2.53. The third kappa shape index (κ3) is 3.12. The Balaban J connectivity index is 1.77. The number of amides is 2. The van der Waals surface area contributed by atoms with Crippen molar-refractivity contribution in [1.29, 1.82) is 0 Å². The second kappa shape index (κ2) is 6.62. The van der Waals surface area contributed by atoms with Crippen molar-refractivity contribution in [2.45, 2.75) is 6.04 Å². The highest BCUT2D eigenvalue weighted by atomic mass is 16.3. The summed E-state index contributed by atoms with van der Waals surface area (Å²) in [6.45, 7) is 1.39. The number of nitrogens with one attached hydrogen (secondary N) is 1. The number of carbonyl (C=O) groups excluding carboxylic acids is 1. The first-order chi connectivity index (χ1) is 10.8. The van der Waals surface area contributed by atoms with Gasteiger partial charge in [0.05, 0.1) is 6.04 Å². The van der Waals surface area contributed by atoms with Crippen LogP contribution in [0.15, 0.2) is 60.7 Å². The molecule has 0 aliphatic carbocycles. The van der Waals surface area contributed by atoms with Gasteiger partial charge in [0.1, 0.15) is 0 Å². The van der Waals surface area contributed by atoms with E-state index in [-0.39, 0.29) is 24.6 Å². The van der Waals surface area contributed by atoms with Crippen molar-refractivity contribution in [3.8, 4) is 0 Å². The number of aliphatic hydroxyl groups excluding tert-OH is 1. The van der Waals surface area contributed by atoms with Gasteiger partial charge in [0, 0.05) is 25.6 Å². The van der Waals surface area contributed by atoms with Crippen molar-refractivity contribution in [3.63, 3.8) is 0 Å². The topological polar surface area (TPSA) is 52.6 Å². The molecule has 1 fully saturated rings. The molecule has 4 heteroatoms. The van der Waals surface area contributed by atoms with Gasteiger partial charge in [-0.05, 0) is 11.1 Å². The number of benzene rings is 2. The fourth-order valence-corrected chi connectivity index (χ4v) is 2.72. The Bertz CT molecular complexity index is 570. The van der Waals surface area contributed by atoms with Crippen LogP contribution in [0.1, 0.15) is 17.2 Å². The van der Waals surface area contributed by atoms with Gasteiger partial charge in [-0.3, -0.25) is 0 Å². The number of rotatable bonds is 4. The third-order valence-corrected chi connectivity index (χ3v) is 4.04. The molecular weight excluding hydrogens is 276 g/mol. The van der Waals surface area contributed by atoms with Crippen LogP contribution in [0.25, 0.3) is 0 Å². The van der Waals surface area contributed by atoms with Crippen LogP contribution in [0.3, 0.4) is 0 Å². The van der Waals surface area contributed by atoms with Crippen LogP contribution in [0.5, 0.6) is 0 Å². The minimum absolute atomic E-state index is 0.0811. The summed E-state index contributed by atoms with van der Waals surface area (Å²) in [5, 5.41) is 12.2. The number of urea groups is 1. The van der Waals surface area contributed by atoms with E-state index in [9.17, 15) is 4.79 Å². The molecule has 2 amide bonds. The summed E-state index contributed by atoms with van der Waals surface area (Å²) in [5.41, 5.74) is 2.11. The zero-order valence-corrected chi connectivity index (χ0v) is 12.4. The van der Waals surface area contributed by atoms with E-state index in [1.54, 1.807) is 4.90 Å². The highest BCUT2D eigenvalue weighted by Crippen LogP contribution is 2.23. The Morgan fingerprint density at radius 1 is 1.05 bits per heavy atom. The Labute approximate surface area is 130 Å². The molecule has 0 aromatic heterocycles. The third-order valence-electron chi connectivity index (χ3n) is 4.04. The van der Waals surface area contributed by atoms with Crippen molar-refractivity contribution in [1.82, 2.24) is 10.2 Å². The van der Waals surface area contributed by atoms with Gasteiger partial charge in [-0.25, -0.2) is 4.79 Å². The Kier molecular flexibility index (Phi) is 4.39. The molecule has 2 aromatic carbocycles. The SMILES string of the molecule is O=C(NC(c1ccccc1)c1ccccc1)N1CC(CO)C1. The molecule has 0 radical (unpaired) electrons. The maximum absolute atomic E-state index is 12.4. The molecule has 0 spiro atoms. The zero-order valence-electron chi connectivity index (χ0n) is 12.4. The molecule has 1 saturated heterocycles. The van der Waals surface area contributed by atoms with Crippen LogP contribution in [0.2, 0.25) is 0 Å². The predicted octanol–water partition coefficient (Wildman–Crippen LogP) is 2.41. The Morgan fingerprint density at radius 2 is 1.55 bits per heavy atom. The molecule has 2 aromatic rings. The first-order valence-electron chi connectivity index (χ1n) is 7.54. The van der Waals surface area contributed by atoms with E-state index >= 15 is 0 Å². The molecule has 1 aliphatic heterocycles. The van der Waals surface area contributed by atoms with Crippen LogP contribution in [0, 0.1) is 5.92 Å². The normalized spacial score (nSPS) is 14.7. The molecule has 0 bridgehead atoms. The number of aliphatic hydroxyl groups is 1. The van der Waals surface area contributed by atoms with E-state index in [1.165, 1.54) is 0 Å². The van der Waals surface area contributed by atoms with Crippen LogP contribution < -0.4 is 5.32 Å². The number of hydrogen-bond donors (Lipinski definition) is 2. The molecule has 0 unspecified atom stereocenters. The van der Waals surface area contributed by atoms with E-state index in [2.05, 4.69) is 5.32 Å². The maximum Gasteiger partial charge on any atom is 0.318 e. The summed E-state index contributed by atoms with van der Waals surface area (Å²) >= 11 is 0. The molecule has 1 aliphatic rings. The lowest BCUT2D eigenvalue weighted by molar-refractivity contribution is 0.0768. The second-order valence-electron chi connectivity index (χ2n) is 5.66. The summed E-state index contributed by atoms with van der Waals surface area (Å²) in [6.07, 6.45) is 0. The van der Waals surface area contributed by atoms with Gasteiger partial charge in [-0.2, -0.15) is 0 Å². The fraction of sp³-hybridized carbons (Fsp3) is 0.278. The second-order valence-corrected chi connectivity index (χ2v) is 5.66. The lowest BCUT2D eigenvalue weighted by Crippen LogP contribution is -2.55. The molecular formula is C18H20N2O2. The van der Waals surface area contributed by atoms with Crippen molar-refractivity contribution in [3.05, 3.63) is 71.8 Å². The maximum atomic E-state index is 12.4. The molecule has 0 saturated carbocycles.